The largest absolute Gasteiger partial charge is 0.381 e. The molecule has 6 heteroatoms. The number of hydrogen-bond acceptors (Lipinski definition) is 3. The molecule has 1 aliphatic rings. The Bertz CT molecular complexity index is 539. The van der Waals surface area contributed by atoms with Gasteiger partial charge in [0, 0.05) is 24.4 Å². The summed E-state index contributed by atoms with van der Waals surface area (Å²) < 4.78 is 5.48. The number of benzene rings is 1. The summed E-state index contributed by atoms with van der Waals surface area (Å²) in [6, 6.07) is 6.21. The van der Waals surface area contributed by atoms with Crippen LogP contribution in [0.1, 0.15) is 24.0 Å². The van der Waals surface area contributed by atoms with Gasteiger partial charge in [-0.1, -0.05) is 6.07 Å². The van der Waals surface area contributed by atoms with Gasteiger partial charge >= 0.3 is 0 Å². The van der Waals surface area contributed by atoms with Crippen LogP contribution in [0.3, 0.4) is 0 Å². The second kappa shape index (κ2) is 8.84. The van der Waals surface area contributed by atoms with Crippen molar-refractivity contribution < 1.29 is 4.74 Å². The zero-order valence-corrected chi connectivity index (χ0v) is 16.9. The first-order valence-corrected chi connectivity index (χ1v) is 7.82. The molecule has 1 aromatic carbocycles. The third-order valence-corrected chi connectivity index (χ3v) is 4.70. The molecule has 1 aliphatic heterocycles. The molecule has 0 aromatic heterocycles. The zero-order chi connectivity index (χ0) is 16.2. The highest BCUT2D eigenvalue weighted by molar-refractivity contribution is 14.0. The van der Waals surface area contributed by atoms with Crippen molar-refractivity contribution in [1.82, 2.24) is 4.90 Å². The lowest BCUT2D eigenvalue weighted by Crippen LogP contribution is -2.51. The van der Waals surface area contributed by atoms with E-state index < -0.39 is 0 Å². The number of ether oxygens (including phenoxy) is 1. The van der Waals surface area contributed by atoms with Gasteiger partial charge in [-0.25, -0.2) is 0 Å². The van der Waals surface area contributed by atoms with Crippen LogP contribution in [0.2, 0.25) is 0 Å². The topological polar surface area (TPSA) is 62.9 Å². The summed E-state index contributed by atoms with van der Waals surface area (Å²) in [5.74, 6) is 0.468. The molecule has 0 unspecified atom stereocenters. The van der Waals surface area contributed by atoms with Gasteiger partial charge in [0.15, 0.2) is 5.96 Å². The molecule has 0 spiro atoms. The highest BCUT2D eigenvalue weighted by Gasteiger charge is 2.34. The molecule has 0 amide bonds. The summed E-state index contributed by atoms with van der Waals surface area (Å²) in [5.41, 5.74) is 9.61. The Morgan fingerprint density at radius 3 is 2.48 bits per heavy atom. The van der Waals surface area contributed by atoms with E-state index in [0.717, 1.165) is 31.7 Å². The molecule has 2 rings (SSSR count). The van der Waals surface area contributed by atoms with E-state index in [-0.39, 0.29) is 29.5 Å². The molecule has 130 valence electrons. The maximum Gasteiger partial charge on any atom is 0.193 e. The summed E-state index contributed by atoms with van der Waals surface area (Å²) in [7, 11) is 4.21. The van der Waals surface area contributed by atoms with Crippen molar-refractivity contribution in [3.8, 4) is 0 Å². The van der Waals surface area contributed by atoms with Crippen LogP contribution in [0.25, 0.3) is 0 Å². The van der Waals surface area contributed by atoms with Crippen molar-refractivity contribution in [2.24, 2.45) is 10.7 Å². The SMILES string of the molecule is Cc1ccc(NC(N)=NCC2(N(C)C)CCOCC2)cc1C.I. The standard InChI is InChI=1S/C17H28N4O.HI/c1-13-5-6-15(11-14(13)2)20-16(18)19-12-17(21(3)4)7-9-22-10-8-17;/h5-6,11H,7-10,12H2,1-4H3,(H3,18,19,20);1H. The monoisotopic (exact) mass is 432 g/mol. The smallest absolute Gasteiger partial charge is 0.193 e. The number of nitrogens with zero attached hydrogens (tertiary/aromatic N) is 2. The number of rotatable bonds is 4. The maximum atomic E-state index is 6.06. The molecule has 3 N–H and O–H groups in total. The van der Waals surface area contributed by atoms with Gasteiger partial charge in [-0.2, -0.15) is 0 Å². The third kappa shape index (κ3) is 5.32. The van der Waals surface area contributed by atoms with E-state index in [9.17, 15) is 0 Å². The highest BCUT2D eigenvalue weighted by atomic mass is 127. The van der Waals surface area contributed by atoms with Crippen LogP contribution in [0.4, 0.5) is 5.69 Å². The number of aliphatic imine (C=N–C) groups is 1. The highest BCUT2D eigenvalue weighted by Crippen LogP contribution is 2.26. The molecule has 1 fully saturated rings. The van der Waals surface area contributed by atoms with Gasteiger partial charge in [0.1, 0.15) is 0 Å². The lowest BCUT2D eigenvalue weighted by Gasteiger charge is -2.41. The summed E-state index contributed by atoms with van der Waals surface area (Å²) in [6.07, 6.45) is 1.97. The normalized spacial score (nSPS) is 17.7. The first-order chi connectivity index (χ1) is 10.4. The van der Waals surface area contributed by atoms with Crippen LogP contribution in [0.5, 0.6) is 0 Å². The molecule has 23 heavy (non-hydrogen) atoms. The van der Waals surface area contributed by atoms with Crippen LogP contribution in [-0.2, 0) is 4.74 Å². The number of aryl methyl sites for hydroxylation is 2. The number of anilines is 1. The first kappa shape index (κ1) is 20.2. The van der Waals surface area contributed by atoms with Crippen molar-refractivity contribution in [3.05, 3.63) is 29.3 Å². The molecular weight excluding hydrogens is 403 g/mol. The second-order valence-electron chi connectivity index (χ2n) is 6.36. The molecule has 5 nitrogen and oxygen atoms in total. The predicted octanol–water partition coefficient (Wildman–Crippen LogP) is 2.76. The van der Waals surface area contributed by atoms with Crippen molar-refractivity contribution in [2.45, 2.75) is 32.2 Å². The van der Waals surface area contributed by atoms with E-state index in [1.807, 2.05) is 6.07 Å². The summed E-state index contributed by atoms with van der Waals surface area (Å²) in [4.78, 5) is 6.83. The molecule has 0 saturated carbocycles. The Labute approximate surface area is 156 Å². The van der Waals surface area contributed by atoms with Crippen LogP contribution < -0.4 is 11.1 Å². The van der Waals surface area contributed by atoms with Gasteiger partial charge in [0.25, 0.3) is 0 Å². The van der Waals surface area contributed by atoms with Crippen molar-refractivity contribution >= 4 is 35.6 Å². The molecule has 1 aromatic rings. The van der Waals surface area contributed by atoms with E-state index >= 15 is 0 Å². The van der Waals surface area contributed by atoms with Crippen LogP contribution in [0, 0.1) is 13.8 Å². The Morgan fingerprint density at radius 2 is 1.91 bits per heavy atom. The van der Waals surface area contributed by atoms with Crippen molar-refractivity contribution in [2.75, 3.05) is 39.2 Å². The second-order valence-corrected chi connectivity index (χ2v) is 6.36. The molecule has 1 heterocycles. The summed E-state index contributed by atoms with van der Waals surface area (Å²) >= 11 is 0. The van der Waals surface area contributed by atoms with Crippen LogP contribution in [0.15, 0.2) is 23.2 Å². The number of nitrogens with two attached hydrogens (primary N) is 1. The first-order valence-electron chi connectivity index (χ1n) is 7.82. The van der Waals surface area contributed by atoms with E-state index in [1.54, 1.807) is 0 Å². The molecule has 0 radical (unpaired) electrons. The molecule has 0 atom stereocenters. The van der Waals surface area contributed by atoms with Gasteiger partial charge in [0.05, 0.1) is 6.54 Å². The number of nitrogens with one attached hydrogen (secondary N) is 1. The minimum Gasteiger partial charge on any atom is -0.381 e. The minimum absolute atomic E-state index is 0. The fraction of sp³-hybridized carbons (Fsp3) is 0.588. The Hall–Kier alpha value is -0.860. The van der Waals surface area contributed by atoms with Crippen molar-refractivity contribution in [1.29, 1.82) is 0 Å². The third-order valence-electron chi connectivity index (χ3n) is 4.70. The van der Waals surface area contributed by atoms with Gasteiger partial charge in [-0.15, -0.1) is 24.0 Å². The Kier molecular flexibility index (Phi) is 7.76. The van der Waals surface area contributed by atoms with E-state index in [2.05, 4.69) is 55.3 Å². The lowest BCUT2D eigenvalue weighted by molar-refractivity contribution is -0.00249. The fourth-order valence-corrected chi connectivity index (χ4v) is 2.74. The average Bonchev–Trinajstić information content (AvgIpc) is 2.50. The quantitative estimate of drug-likeness (QED) is 0.437. The van der Waals surface area contributed by atoms with E-state index in [4.69, 9.17) is 10.5 Å². The Morgan fingerprint density at radius 1 is 1.26 bits per heavy atom. The number of guanidine groups is 1. The number of hydrogen-bond donors (Lipinski definition) is 2. The fourth-order valence-electron chi connectivity index (χ4n) is 2.74. The number of likely N-dealkylation sites (N-methyl/N-ethyl adjacent to an activating group) is 1. The van der Waals surface area contributed by atoms with Gasteiger partial charge in [-0.3, -0.25) is 4.99 Å². The van der Waals surface area contributed by atoms with Gasteiger partial charge in [-0.05, 0) is 64.0 Å². The molecule has 0 bridgehead atoms. The van der Waals surface area contributed by atoms with Crippen LogP contribution >= 0.6 is 24.0 Å². The van der Waals surface area contributed by atoms with Crippen molar-refractivity contribution in [3.63, 3.8) is 0 Å². The van der Waals surface area contributed by atoms with E-state index in [1.165, 1.54) is 11.1 Å². The lowest BCUT2D eigenvalue weighted by atomic mass is 9.89. The summed E-state index contributed by atoms with van der Waals surface area (Å²) in [6.45, 7) is 6.46. The summed E-state index contributed by atoms with van der Waals surface area (Å²) in [5, 5.41) is 3.18. The van der Waals surface area contributed by atoms with Gasteiger partial charge in [0.2, 0.25) is 0 Å². The molecule has 1 saturated heterocycles. The zero-order valence-electron chi connectivity index (χ0n) is 14.6. The number of halogens is 1. The average molecular weight is 432 g/mol. The van der Waals surface area contributed by atoms with Crippen LogP contribution in [-0.4, -0.2) is 50.3 Å². The molecular formula is C17H29IN4O. The minimum atomic E-state index is 0. The molecule has 0 aliphatic carbocycles. The maximum absolute atomic E-state index is 6.06. The predicted molar refractivity (Wildman–Crippen MR) is 108 cm³/mol. The van der Waals surface area contributed by atoms with E-state index in [0.29, 0.717) is 12.5 Å². The Balaban J connectivity index is 0.00000264. The van der Waals surface area contributed by atoms with Gasteiger partial charge < -0.3 is 20.7 Å².